The summed E-state index contributed by atoms with van der Waals surface area (Å²) in [6.45, 7) is 1.83. The first-order valence-electron chi connectivity index (χ1n) is 5.60. The number of H-pyrrole nitrogens is 1. The lowest BCUT2D eigenvalue weighted by Gasteiger charge is -2.12. The zero-order chi connectivity index (χ0) is 12.0. The standard InChI is InChI=1S/C12H14N2O2S/c1-17(15,16)8-2-3-9-10-7-13-5-4-11(10)14-12(9)6-8/h2-3,6,13-14H,4-5,7H2,1H3. The Balaban J connectivity index is 2.25. The number of aromatic nitrogens is 1. The third-order valence-electron chi connectivity index (χ3n) is 3.25. The Hall–Kier alpha value is -1.33. The van der Waals surface area contributed by atoms with Gasteiger partial charge in [0, 0.05) is 42.4 Å². The summed E-state index contributed by atoms with van der Waals surface area (Å²) < 4.78 is 23.0. The largest absolute Gasteiger partial charge is 0.358 e. The molecule has 1 aliphatic rings. The van der Waals surface area contributed by atoms with E-state index in [0.717, 1.165) is 30.4 Å². The van der Waals surface area contributed by atoms with Crippen LogP contribution >= 0.6 is 0 Å². The Morgan fingerprint density at radius 3 is 2.88 bits per heavy atom. The van der Waals surface area contributed by atoms with Gasteiger partial charge in [-0.05, 0) is 17.7 Å². The summed E-state index contributed by atoms with van der Waals surface area (Å²) in [5.41, 5.74) is 3.41. The lowest BCUT2D eigenvalue weighted by molar-refractivity contribution is 0.602. The number of hydrogen-bond donors (Lipinski definition) is 2. The first-order valence-corrected chi connectivity index (χ1v) is 7.49. The fourth-order valence-electron chi connectivity index (χ4n) is 2.36. The Labute approximate surface area is 100.0 Å². The number of aromatic amines is 1. The van der Waals surface area contributed by atoms with Gasteiger partial charge in [0.15, 0.2) is 9.84 Å². The van der Waals surface area contributed by atoms with Crippen molar-refractivity contribution in [2.75, 3.05) is 12.8 Å². The highest BCUT2D eigenvalue weighted by Gasteiger charge is 2.16. The fraction of sp³-hybridized carbons (Fsp3) is 0.333. The van der Waals surface area contributed by atoms with E-state index in [1.165, 1.54) is 17.5 Å². The molecule has 0 atom stereocenters. The molecule has 90 valence electrons. The third-order valence-corrected chi connectivity index (χ3v) is 4.36. The molecular weight excluding hydrogens is 236 g/mol. The normalized spacial score (nSPS) is 16.1. The minimum Gasteiger partial charge on any atom is -0.358 e. The van der Waals surface area contributed by atoms with E-state index < -0.39 is 9.84 Å². The van der Waals surface area contributed by atoms with Crippen molar-refractivity contribution in [3.8, 4) is 0 Å². The summed E-state index contributed by atoms with van der Waals surface area (Å²) in [5, 5.41) is 4.45. The van der Waals surface area contributed by atoms with Gasteiger partial charge in [-0.3, -0.25) is 0 Å². The van der Waals surface area contributed by atoms with Gasteiger partial charge in [0.05, 0.1) is 4.90 Å². The van der Waals surface area contributed by atoms with E-state index in [4.69, 9.17) is 0 Å². The van der Waals surface area contributed by atoms with E-state index in [0.29, 0.717) is 4.90 Å². The van der Waals surface area contributed by atoms with Crippen molar-refractivity contribution in [2.24, 2.45) is 0 Å². The molecule has 0 bridgehead atoms. The highest BCUT2D eigenvalue weighted by Crippen LogP contribution is 2.26. The van der Waals surface area contributed by atoms with Crippen LogP contribution in [-0.2, 0) is 22.8 Å². The number of hydrogen-bond acceptors (Lipinski definition) is 3. The topological polar surface area (TPSA) is 62.0 Å². The van der Waals surface area contributed by atoms with Crippen molar-refractivity contribution in [1.29, 1.82) is 0 Å². The van der Waals surface area contributed by atoms with E-state index in [2.05, 4.69) is 10.3 Å². The van der Waals surface area contributed by atoms with E-state index in [9.17, 15) is 8.42 Å². The Bertz CT molecular complexity index is 686. The third kappa shape index (κ3) is 1.75. The van der Waals surface area contributed by atoms with Gasteiger partial charge in [0.1, 0.15) is 0 Å². The van der Waals surface area contributed by atoms with Gasteiger partial charge >= 0.3 is 0 Å². The predicted octanol–water partition coefficient (Wildman–Crippen LogP) is 1.22. The van der Waals surface area contributed by atoms with Crippen LogP contribution in [-0.4, -0.2) is 26.2 Å². The first-order chi connectivity index (χ1) is 8.05. The second-order valence-corrected chi connectivity index (χ2v) is 6.50. The molecule has 2 N–H and O–H groups in total. The lowest BCUT2D eigenvalue weighted by atomic mass is 10.1. The maximum Gasteiger partial charge on any atom is 0.175 e. The van der Waals surface area contributed by atoms with Crippen molar-refractivity contribution < 1.29 is 8.42 Å². The van der Waals surface area contributed by atoms with Crippen LogP contribution in [0, 0.1) is 0 Å². The molecule has 0 radical (unpaired) electrons. The SMILES string of the molecule is CS(=O)(=O)c1ccc2c3c([nH]c2c1)CCNC3. The highest BCUT2D eigenvalue weighted by molar-refractivity contribution is 7.90. The van der Waals surface area contributed by atoms with E-state index in [1.807, 2.05) is 6.07 Å². The van der Waals surface area contributed by atoms with Gasteiger partial charge in [-0.1, -0.05) is 6.07 Å². The molecule has 0 saturated carbocycles. The van der Waals surface area contributed by atoms with Crippen molar-refractivity contribution in [2.45, 2.75) is 17.9 Å². The molecule has 1 aliphatic heterocycles. The van der Waals surface area contributed by atoms with Crippen molar-refractivity contribution in [3.05, 3.63) is 29.5 Å². The first kappa shape index (κ1) is 10.8. The van der Waals surface area contributed by atoms with E-state index >= 15 is 0 Å². The smallest absolute Gasteiger partial charge is 0.175 e. The zero-order valence-corrected chi connectivity index (χ0v) is 10.4. The molecular formula is C12H14N2O2S. The Morgan fingerprint density at radius 2 is 2.12 bits per heavy atom. The van der Waals surface area contributed by atoms with Gasteiger partial charge in [-0.2, -0.15) is 0 Å². The monoisotopic (exact) mass is 250 g/mol. The number of fused-ring (bicyclic) bond motifs is 3. The molecule has 0 aliphatic carbocycles. The zero-order valence-electron chi connectivity index (χ0n) is 9.58. The minimum absolute atomic E-state index is 0.372. The summed E-state index contributed by atoms with van der Waals surface area (Å²) in [5.74, 6) is 0. The molecule has 1 aromatic carbocycles. The van der Waals surface area contributed by atoms with Crippen LogP contribution in [0.4, 0.5) is 0 Å². The highest BCUT2D eigenvalue weighted by atomic mass is 32.2. The van der Waals surface area contributed by atoms with Gasteiger partial charge in [0.25, 0.3) is 0 Å². The second kappa shape index (κ2) is 3.58. The molecule has 2 aromatic rings. The molecule has 4 nitrogen and oxygen atoms in total. The van der Waals surface area contributed by atoms with Gasteiger partial charge < -0.3 is 10.3 Å². The van der Waals surface area contributed by atoms with E-state index in [1.54, 1.807) is 12.1 Å². The molecule has 1 aromatic heterocycles. The molecule has 0 unspecified atom stereocenters. The maximum absolute atomic E-state index is 11.5. The van der Waals surface area contributed by atoms with Crippen molar-refractivity contribution in [3.63, 3.8) is 0 Å². The van der Waals surface area contributed by atoms with Crippen LogP contribution in [0.3, 0.4) is 0 Å². The van der Waals surface area contributed by atoms with Crippen LogP contribution in [0.15, 0.2) is 23.1 Å². The number of benzene rings is 1. The summed E-state index contributed by atoms with van der Waals surface area (Å²) in [7, 11) is -3.13. The quantitative estimate of drug-likeness (QED) is 0.800. The van der Waals surface area contributed by atoms with Crippen LogP contribution < -0.4 is 5.32 Å². The molecule has 2 heterocycles. The number of rotatable bonds is 1. The predicted molar refractivity (Wildman–Crippen MR) is 66.8 cm³/mol. The fourth-order valence-corrected chi connectivity index (χ4v) is 3.01. The summed E-state index contributed by atoms with van der Waals surface area (Å²) in [6, 6.07) is 5.30. The average Bonchev–Trinajstić information content (AvgIpc) is 2.65. The number of sulfone groups is 1. The second-order valence-electron chi connectivity index (χ2n) is 4.49. The summed E-state index contributed by atoms with van der Waals surface area (Å²) >= 11 is 0. The molecule has 17 heavy (non-hydrogen) atoms. The minimum atomic E-state index is -3.13. The Kier molecular flexibility index (Phi) is 2.27. The van der Waals surface area contributed by atoms with Crippen molar-refractivity contribution in [1.82, 2.24) is 10.3 Å². The summed E-state index contributed by atoms with van der Waals surface area (Å²) in [4.78, 5) is 3.70. The maximum atomic E-state index is 11.5. The molecule has 0 saturated heterocycles. The van der Waals surface area contributed by atoms with Gasteiger partial charge in [-0.25, -0.2) is 8.42 Å². The van der Waals surface area contributed by atoms with Crippen LogP contribution in [0.25, 0.3) is 10.9 Å². The number of nitrogens with one attached hydrogen (secondary N) is 2. The summed E-state index contributed by atoms with van der Waals surface area (Å²) in [6.07, 6.45) is 2.21. The van der Waals surface area contributed by atoms with Crippen LogP contribution in [0.2, 0.25) is 0 Å². The van der Waals surface area contributed by atoms with Crippen LogP contribution in [0.5, 0.6) is 0 Å². The van der Waals surface area contributed by atoms with E-state index in [-0.39, 0.29) is 0 Å². The van der Waals surface area contributed by atoms with Gasteiger partial charge in [-0.15, -0.1) is 0 Å². The average molecular weight is 250 g/mol. The molecule has 0 amide bonds. The molecule has 3 rings (SSSR count). The van der Waals surface area contributed by atoms with Crippen molar-refractivity contribution >= 4 is 20.7 Å². The lowest BCUT2D eigenvalue weighted by Crippen LogP contribution is -2.22. The van der Waals surface area contributed by atoms with Gasteiger partial charge in [0.2, 0.25) is 0 Å². The molecule has 0 spiro atoms. The molecule has 0 fully saturated rings. The molecule has 5 heteroatoms. The van der Waals surface area contributed by atoms with Crippen LogP contribution in [0.1, 0.15) is 11.3 Å². The Morgan fingerprint density at radius 1 is 1.29 bits per heavy atom.